The smallest absolute Gasteiger partial charge is 0.241 e. The van der Waals surface area contributed by atoms with Crippen LogP contribution in [0.25, 0.3) is 0 Å². The van der Waals surface area contributed by atoms with Gasteiger partial charge in [-0.05, 0) is 50.1 Å². The van der Waals surface area contributed by atoms with Gasteiger partial charge >= 0.3 is 0 Å². The van der Waals surface area contributed by atoms with Crippen molar-refractivity contribution in [2.75, 3.05) is 6.61 Å². The number of hydrogen-bond donors (Lipinski definition) is 1. The molecule has 0 saturated carbocycles. The Bertz CT molecular complexity index is 727. The number of rotatable bonds is 6. The van der Waals surface area contributed by atoms with Crippen LogP contribution in [0.4, 0.5) is 0 Å². The van der Waals surface area contributed by atoms with Gasteiger partial charge in [0, 0.05) is 0 Å². The van der Waals surface area contributed by atoms with E-state index < -0.39 is 10.0 Å². The number of nitrogens with one attached hydrogen (secondary N) is 1. The number of aryl methyl sites for hydroxylation is 2. The molecule has 2 aromatic rings. The Morgan fingerprint density at radius 1 is 1.09 bits per heavy atom. The van der Waals surface area contributed by atoms with Gasteiger partial charge in [0.25, 0.3) is 0 Å². The van der Waals surface area contributed by atoms with Crippen LogP contribution in [0.3, 0.4) is 0 Å². The number of hydrogen-bond acceptors (Lipinski definition) is 3. The van der Waals surface area contributed by atoms with Gasteiger partial charge in [-0.1, -0.05) is 30.3 Å². The van der Waals surface area contributed by atoms with E-state index in [4.69, 9.17) is 4.74 Å². The van der Waals surface area contributed by atoms with E-state index in [-0.39, 0.29) is 12.6 Å². The molecule has 1 N–H and O–H groups in total. The molecule has 2 rings (SSSR count). The molecule has 5 heteroatoms. The predicted molar refractivity (Wildman–Crippen MR) is 87.6 cm³/mol. The summed E-state index contributed by atoms with van der Waals surface area (Å²) in [7, 11) is -3.55. The van der Waals surface area contributed by atoms with E-state index in [1.807, 2.05) is 49.4 Å². The minimum absolute atomic E-state index is 0.272. The number of ether oxygens (including phenoxy) is 1. The van der Waals surface area contributed by atoms with Gasteiger partial charge in [-0.3, -0.25) is 0 Å². The van der Waals surface area contributed by atoms with Crippen LogP contribution in [0.2, 0.25) is 0 Å². The first-order chi connectivity index (χ1) is 10.4. The molecule has 1 atom stereocenters. The van der Waals surface area contributed by atoms with Crippen molar-refractivity contribution in [1.29, 1.82) is 0 Å². The molecular weight excluding hydrogens is 298 g/mol. The highest BCUT2D eigenvalue weighted by Crippen LogP contribution is 2.17. The van der Waals surface area contributed by atoms with E-state index >= 15 is 0 Å². The lowest BCUT2D eigenvalue weighted by Crippen LogP contribution is -2.37. The van der Waals surface area contributed by atoms with Crippen molar-refractivity contribution in [3.8, 4) is 5.75 Å². The maximum Gasteiger partial charge on any atom is 0.241 e. The largest absolute Gasteiger partial charge is 0.492 e. The van der Waals surface area contributed by atoms with E-state index in [1.165, 1.54) is 0 Å². The van der Waals surface area contributed by atoms with Crippen molar-refractivity contribution in [3.05, 3.63) is 59.7 Å². The molecule has 0 aliphatic carbocycles. The Labute approximate surface area is 132 Å². The fraction of sp³-hybridized carbons (Fsp3) is 0.294. The quantitative estimate of drug-likeness (QED) is 0.890. The van der Waals surface area contributed by atoms with Gasteiger partial charge < -0.3 is 4.74 Å². The van der Waals surface area contributed by atoms with Crippen molar-refractivity contribution in [2.45, 2.75) is 31.7 Å². The highest BCUT2D eigenvalue weighted by Gasteiger charge is 2.19. The van der Waals surface area contributed by atoms with E-state index in [0.29, 0.717) is 4.90 Å². The number of benzene rings is 2. The zero-order valence-electron chi connectivity index (χ0n) is 13.0. The summed E-state index contributed by atoms with van der Waals surface area (Å²) >= 11 is 0. The van der Waals surface area contributed by atoms with E-state index in [9.17, 15) is 8.42 Å². The van der Waals surface area contributed by atoms with Crippen molar-refractivity contribution in [2.24, 2.45) is 0 Å². The molecule has 4 nitrogen and oxygen atoms in total. The Hall–Kier alpha value is -1.85. The summed E-state index contributed by atoms with van der Waals surface area (Å²) in [6.45, 7) is 5.72. The van der Waals surface area contributed by atoms with Crippen LogP contribution in [0.15, 0.2) is 53.4 Å². The topological polar surface area (TPSA) is 55.4 Å². The van der Waals surface area contributed by atoms with E-state index in [1.54, 1.807) is 19.9 Å². The third kappa shape index (κ3) is 4.32. The van der Waals surface area contributed by atoms with Gasteiger partial charge in [0.1, 0.15) is 12.4 Å². The maximum atomic E-state index is 12.5. The van der Waals surface area contributed by atoms with Crippen LogP contribution in [-0.4, -0.2) is 21.1 Å². The second-order valence-electron chi connectivity index (χ2n) is 5.42. The van der Waals surface area contributed by atoms with Crippen molar-refractivity contribution in [3.63, 3.8) is 0 Å². The molecule has 0 fully saturated rings. The van der Waals surface area contributed by atoms with Gasteiger partial charge in [-0.2, -0.15) is 0 Å². The summed E-state index contributed by atoms with van der Waals surface area (Å²) < 4.78 is 33.2. The predicted octanol–water partition coefficient (Wildman–Crippen LogP) is 3.05. The Morgan fingerprint density at radius 2 is 1.77 bits per heavy atom. The van der Waals surface area contributed by atoms with Crippen molar-refractivity contribution >= 4 is 10.0 Å². The minimum atomic E-state index is -3.55. The first-order valence-electron chi connectivity index (χ1n) is 7.16. The van der Waals surface area contributed by atoms with Crippen LogP contribution in [0.1, 0.15) is 18.1 Å². The number of sulfonamides is 1. The molecule has 0 aromatic heterocycles. The van der Waals surface area contributed by atoms with E-state index in [2.05, 4.69) is 4.72 Å². The molecule has 0 amide bonds. The molecule has 0 unspecified atom stereocenters. The summed E-state index contributed by atoms with van der Waals surface area (Å²) in [6, 6.07) is 14.4. The summed E-state index contributed by atoms with van der Waals surface area (Å²) in [5, 5.41) is 0. The number of para-hydroxylation sites is 1. The van der Waals surface area contributed by atoms with Gasteiger partial charge in [0.15, 0.2) is 0 Å². The molecule has 0 saturated heterocycles. The van der Waals surface area contributed by atoms with Crippen LogP contribution in [-0.2, 0) is 10.0 Å². The summed E-state index contributed by atoms with van der Waals surface area (Å²) in [4.78, 5) is 0.319. The van der Waals surface area contributed by atoms with Crippen LogP contribution >= 0.6 is 0 Å². The average molecular weight is 319 g/mol. The van der Waals surface area contributed by atoms with Crippen LogP contribution < -0.4 is 9.46 Å². The minimum Gasteiger partial charge on any atom is -0.492 e. The summed E-state index contributed by atoms with van der Waals surface area (Å²) in [5.74, 6) is 0.722. The Morgan fingerprint density at radius 3 is 2.45 bits per heavy atom. The Kier molecular flexibility index (Phi) is 5.21. The third-order valence-electron chi connectivity index (χ3n) is 3.23. The normalized spacial score (nSPS) is 12.9. The van der Waals surface area contributed by atoms with Crippen LogP contribution in [0, 0.1) is 13.8 Å². The molecule has 0 bridgehead atoms. The molecule has 0 heterocycles. The van der Waals surface area contributed by atoms with Crippen molar-refractivity contribution in [1.82, 2.24) is 4.72 Å². The molecule has 0 spiro atoms. The fourth-order valence-electron chi connectivity index (χ4n) is 2.10. The van der Waals surface area contributed by atoms with Gasteiger partial charge in [-0.15, -0.1) is 0 Å². The molecular formula is C17H21NO3S. The molecule has 0 radical (unpaired) electrons. The zero-order valence-corrected chi connectivity index (χ0v) is 13.9. The van der Waals surface area contributed by atoms with Crippen molar-refractivity contribution < 1.29 is 13.2 Å². The first kappa shape index (κ1) is 16.5. The highest BCUT2D eigenvalue weighted by molar-refractivity contribution is 7.89. The molecule has 0 aliphatic heterocycles. The van der Waals surface area contributed by atoms with Crippen LogP contribution in [0.5, 0.6) is 5.75 Å². The lowest BCUT2D eigenvalue weighted by atomic mass is 10.2. The Balaban J connectivity index is 2.03. The van der Waals surface area contributed by atoms with Gasteiger partial charge in [0.05, 0.1) is 10.9 Å². The molecule has 118 valence electrons. The first-order valence-corrected chi connectivity index (χ1v) is 8.64. The average Bonchev–Trinajstić information content (AvgIpc) is 2.48. The summed E-state index contributed by atoms with van der Waals surface area (Å²) in [5.41, 5.74) is 1.65. The maximum absolute atomic E-state index is 12.5. The monoisotopic (exact) mass is 319 g/mol. The SMILES string of the molecule is Cc1ccc(C)c(S(=O)(=O)N[C@H](C)COc2ccccc2)c1. The fourth-order valence-corrected chi connectivity index (χ4v) is 3.65. The molecule has 0 aliphatic rings. The summed E-state index contributed by atoms with van der Waals surface area (Å²) in [6.07, 6.45) is 0. The van der Waals surface area contributed by atoms with Gasteiger partial charge in [-0.25, -0.2) is 13.1 Å². The molecule has 2 aromatic carbocycles. The second-order valence-corrected chi connectivity index (χ2v) is 7.10. The lowest BCUT2D eigenvalue weighted by molar-refractivity contribution is 0.287. The van der Waals surface area contributed by atoms with Gasteiger partial charge in [0.2, 0.25) is 10.0 Å². The lowest BCUT2D eigenvalue weighted by Gasteiger charge is -2.16. The standard InChI is InChI=1S/C17H21NO3S/c1-13-9-10-14(2)17(11-13)22(19,20)18-15(3)12-21-16-7-5-4-6-8-16/h4-11,15,18H,12H2,1-3H3/t15-/m1/s1. The second kappa shape index (κ2) is 6.94. The highest BCUT2D eigenvalue weighted by atomic mass is 32.2. The zero-order chi connectivity index (χ0) is 16.2. The van der Waals surface area contributed by atoms with E-state index in [0.717, 1.165) is 16.9 Å². The third-order valence-corrected chi connectivity index (χ3v) is 4.96. The molecule has 22 heavy (non-hydrogen) atoms.